The summed E-state index contributed by atoms with van der Waals surface area (Å²) in [4.78, 5) is 41.3. The molecule has 1 aromatic carbocycles. The Morgan fingerprint density at radius 2 is 1.96 bits per heavy atom. The van der Waals surface area contributed by atoms with E-state index in [1.807, 2.05) is 6.92 Å². The second-order valence-electron chi connectivity index (χ2n) is 6.75. The minimum Gasteiger partial charge on any atom is -0.494 e. The maximum Gasteiger partial charge on any atom is 0.373 e. The van der Waals surface area contributed by atoms with E-state index in [1.54, 1.807) is 13.0 Å². The number of aliphatic hydroxyl groups is 1. The third-order valence-corrected chi connectivity index (χ3v) is 4.95. The number of benzene rings is 1. The van der Waals surface area contributed by atoms with Gasteiger partial charge in [-0.15, -0.1) is 0 Å². The van der Waals surface area contributed by atoms with Gasteiger partial charge in [-0.25, -0.2) is 4.39 Å². The van der Waals surface area contributed by atoms with E-state index in [0.29, 0.717) is 12.0 Å². The Bertz CT molecular complexity index is 738. The van der Waals surface area contributed by atoms with Crippen molar-refractivity contribution in [1.82, 2.24) is 0 Å². The van der Waals surface area contributed by atoms with Crippen molar-refractivity contribution in [3.63, 3.8) is 0 Å². The third-order valence-electron chi connectivity index (χ3n) is 4.95. The van der Waals surface area contributed by atoms with Gasteiger partial charge in [-0.3, -0.25) is 9.59 Å². The molecule has 154 valence electrons. The second-order valence-corrected chi connectivity index (χ2v) is 6.75. The summed E-state index contributed by atoms with van der Waals surface area (Å²) in [6, 6.07) is 4.37. The molecule has 1 aliphatic rings. The number of ether oxygens (including phenoxy) is 2. The highest BCUT2D eigenvalue weighted by molar-refractivity contribution is 5.88. The molecular weight excluding hydrogens is 371 g/mol. The predicted octanol–water partition coefficient (Wildman–Crippen LogP) is 2.26. The Labute approximate surface area is 162 Å². The van der Waals surface area contributed by atoms with E-state index in [-0.39, 0.29) is 30.7 Å². The number of esters is 1. The Kier molecular flexibility index (Phi) is 8.47. The standard InChI is InChI=1S/C19H25FO5.CO2/c1-5-12-14(21)10-19(3,23)17(18(22)25-6-2)16(12)11-7-8-15(24-4)13(20)9-11;2-1-3/h7-9,12,16-17,23H,5-6,10H2,1-4H3;. The first-order valence-corrected chi connectivity index (χ1v) is 8.92. The third kappa shape index (κ3) is 5.03. The summed E-state index contributed by atoms with van der Waals surface area (Å²) in [6.07, 6.45) is 0.618. The summed E-state index contributed by atoms with van der Waals surface area (Å²) >= 11 is 0. The fourth-order valence-corrected chi connectivity index (χ4v) is 3.84. The van der Waals surface area contributed by atoms with Crippen molar-refractivity contribution in [1.29, 1.82) is 0 Å². The molecule has 0 aromatic heterocycles. The highest BCUT2D eigenvalue weighted by atomic mass is 19.1. The molecular formula is C20H25FO7. The SMILES string of the molecule is CCOC(=O)C1C(c2ccc(OC)c(F)c2)C(CC)C(=O)CC1(C)O.O=C=O. The fraction of sp³-hybridized carbons (Fsp3) is 0.550. The van der Waals surface area contributed by atoms with Gasteiger partial charge in [-0.05, 0) is 38.0 Å². The quantitative estimate of drug-likeness (QED) is 0.761. The molecule has 1 N–H and O–H groups in total. The average Bonchev–Trinajstić information content (AvgIpc) is 2.61. The van der Waals surface area contributed by atoms with Crippen molar-refractivity contribution in [2.75, 3.05) is 13.7 Å². The number of hydrogen-bond acceptors (Lipinski definition) is 7. The van der Waals surface area contributed by atoms with E-state index in [1.165, 1.54) is 26.2 Å². The van der Waals surface area contributed by atoms with Crippen LogP contribution in [0.1, 0.15) is 45.1 Å². The molecule has 1 fully saturated rings. The van der Waals surface area contributed by atoms with Crippen molar-refractivity contribution in [2.45, 2.75) is 45.1 Å². The van der Waals surface area contributed by atoms with Crippen LogP contribution in [-0.4, -0.2) is 42.3 Å². The fourth-order valence-electron chi connectivity index (χ4n) is 3.84. The molecule has 4 unspecified atom stereocenters. The van der Waals surface area contributed by atoms with Gasteiger partial charge >= 0.3 is 12.1 Å². The first-order chi connectivity index (χ1) is 13.2. The maximum atomic E-state index is 14.2. The summed E-state index contributed by atoms with van der Waals surface area (Å²) in [5.41, 5.74) is -1.06. The van der Waals surface area contributed by atoms with Gasteiger partial charge in [0.05, 0.1) is 25.2 Å². The predicted molar refractivity (Wildman–Crippen MR) is 94.9 cm³/mol. The zero-order valence-electron chi connectivity index (χ0n) is 16.4. The van der Waals surface area contributed by atoms with Crippen LogP contribution in [-0.2, 0) is 23.9 Å². The zero-order chi connectivity index (χ0) is 21.5. The van der Waals surface area contributed by atoms with Crippen molar-refractivity contribution < 1.29 is 38.1 Å². The minimum absolute atomic E-state index is 0.0818. The lowest BCUT2D eigenvalue weighted by Gasteiger charge is -2.44. The van der Waals surface area contributed by atoms with Gasteiger partial charge in [-0.2, -0.15) is 9.59 Å². The maximum absolute atomic E-state index is 14.2. The average molecular weight is 396 g/mol. The molecule has 8 heteroatoms. The van der Waals surface area contributed by atoms with Crippen LogP contribution in [0.2, 0.25) is 0 Å². The lowest BCUT2D eigenvalue weighted by Crippen LogP contribution is -2.53. The van der Waals surface area contributed by atoms with Crippen molar-refractivity contribution in [2.24, 2.45) is 11.8 Å². The van der Waals surface area contributed by atoms with Crippen LogP contribution in [0.4, 0.5) is 4.39 Å². The summed E-state index contributed by atoms with van der Waals surface area (Å²) in [5, 5.41) is 10.8. The zero-order valence-corrected chi connectivity index (χ0v) is 16.4. The van der Waals surface area contributed by atoms with Gasteiger partial charge in [0, 0.05) is 18.3 Å². The molecule has 0 radical (unpaired) electrons. The largest absolute Gasteiger partial charge is 0.494 e. The van der Waals surface area contributed by atoms with E-state index in [2.05, 4.69) is 0 Å². The molecule has 0 heterocycles. The summed E-state index contributed by atoms with van der Waals surface area (Å²) in [5.74, 6) is -3.27. The van der Waals surface area contributed by atoms with E-state index in [4.69, 9.17) is 19.1 Å². The van der Waals surface area contributed by atoms with E-state index >= 15 is 0 Å². The van der Waals surface area contributed by atoms with Crippen LogP contribution in [0.15, 0.2) is 18.2 Å². The van der Waals surface area contributed by atoms with Crippen LogP contribution >= 0.6 is 0 Å². The summed E-state index contributed by atoms with van der Waals surface area (Å²) in [6.45, 7) is 5.16. The number of rotatable bonds is 5. The van der Waals surface area contributed by atoms with Crippen LogP contribution in [0.25, 0.3) is 0 Å². The Hall–Kier alpha value is -2.57. The molecule has 2 rings (SSSR count). The molecule has 7 nitrogen and oxygen atoms in total. The first-order valence-electron chi connectivity index (χ1n) is 8.92. The molecule has 1 saturated carbocycles. The second kappa shape index (κ2) is 10.1. The van der Waals surface area contributed by atoms with Gasteiger partial charge in [0.1, 0.15) is 5.78 Å². The van der Waals surface area contributed by atoms with Crippen molar-refractivity contribution >= 4 is 17.9 Å². The van der Waals surface area contributed by atoms with Gasteiger partial charge < -0.3 is 14.6 Å². The van der Waals surface area contributed by atoms with E-state index in [9.17, 15) is 19.1 Å². The Morgan fingerprint density at radius 1 is 1.36 bits per heavy atom. The van der Waals surface area contributed by atoms with E-state index in [0.717, 1.165) is 0 Å². The topological polar surface area (TPSA) is 107 Å². The normalized spacial score (nSPS) is 26.5. The smallest absolute Gasteiger partial charge is 0.373 e. The van der Waals surface area contributed by atoms with Crippen LogP contribution in [0.3, 0.4) is 0 Å². The molecule has 0 spiro atoms. The lowest BCUT2D eigenvalue weighted by molar-refractivity contribution is -0.191. The molecule has 0 bridgehead atoms. The molecule has 1 aliphatic carbocycles. The number of halogens is 1. The van der Waals surface area contributed by atoms with Crippen molar-refractivity contribution in [3.05, 3.63) is 29.6 Å². The van der Waals surface area contributed by atoms with Gasteiger partial charge in [0.25, 0.3) is 0 Å². The number of ketones is 1. The molecule has 4 atom stereocenters. The van der Waals surface area contributed by atoms with Gasteiger partial charge in [0.15, 0.2) is 11.6 Å². The first kappa shape index (κ1) is 23.5. The van der Waals surface area contributed by atoms with Crippen LogP contribution in [0, 0.1) is 17.7 Å². The van der Waals surface area contributed by atoms with E-state index < -0.39 is 35.1 Å². The van der Waals surface area contributed by atoms with Crippen LogP contribution in [0.5, 0.6) is 5.75 Å². The summed E-state index contributed by atoms with van der Waals surface area (Å²) < 4.78 is 24.3. The number of carbonyl (C=O) groups is 2. The monoisotopic (exact) mass is 396 g/mol. The molecule has 0 aliphatic heterocycles. The highest BCUT2D eigenvalue weighted by Crippen LogP contribution is 2.47. The highest BCUT2D eigenvalue weighted by Gasteiger charge is 2.53. The molecule has 0 saturated heterocycles. The number of carbonyl (C=O) groups excluding carboxylic acids is 4. The van der Waals surface area contributed by atoms with Gasteiger partial charge in [-0.1, -0.05) is 13.0 Å². The molecule has 28 heavy (non-hydrogen) atoms. The Balaban J connectivity index is 0.00000122. The number of hydrogen-bond donors (Lipinski definition) is 1. The Morgan fingerprint density at radius 3 is 2.43 bits per heavy atom. The lowest BCUT2D eigenvalue weighted by atomic mass is 9.61. The van der Waals surface area contributed by atoms with Crippen LogP contribution < -0.4 is 4.74 Å². The van der Waals surface area contributed by atoms with Gasteiger partial charge in [0.2, 0.25) is 0 Å². The number of methoxy groups -OCH3 is 1. The van der Waals surface area contributed by atoms with Crippen molar-refractivity contribution in [3.8, 4) is 5.75 Å². The minimum atomic E-state index is -1.55. The summed E-state index contributed by atoms with van der Waals surface area (Å²) in [7, 11) is 1.36. The molecule has 0 amide bonds. The number of Topliss-reactive ketones (excluding diaryl/α,β-unsaturated/α-hetero) is 1. The molecule has 1 aromatic rings.